The standard InChI is InChI=1S/C25H26N4O2/c1-30-22-10-9-19(14-23(22)31-20-6-2-3-7-20)25(17-26)12-11-21-18(15-25)16-29(28-21)24-8-4-5-13-27-24/h4-5,8-10,13-14,16,20H,2-3,6-7,11-12,15H2,1H3. The van der Waals surface area contributed by atoms with Crippen molar-refractivity contribution in [1.29, 1.82) is 5.26 Å². The first kappa shape index (κ1) is 19.6. The second-order valence-corrected chi connectivity index (χ2v) is 8.49. The normalized spacial score (nSPS) is 20.8. The van der Waals surface area contributed by atoms with Gasteiger partial charge >= 0.3 is 0 Å². The lowest BCUT2D eigenvalue weighted by Gasteiger charge is -2.31. The average molecular weight is 415 g/mol. The van der Waals surface area contributed by atoms with E-state index in [-0.39, 0.29) is 6.10 Å². The quantitative estimate of drug-likeness (QED) is 0.612. The van der Waals surface area contributed by atoms with Crippen molar-refractivity contribution >= 4 is 0 Å². The zero-order valence-electron chi connectivity index (χ0n) is 17.8. The van der Waals surface area contributed by atoms with Gasteiger partial charge in [0.2, 0.25) is 0 Å². The Balaban J connectivity index is 1.47. The summed E-state index contributed by atoms with van der Waals surface area (Å²) in [6.07, 6.45) is 10.7. The van der Waals surface area contributed by atoms with Gasteiger partial charge in [0.15, 0.2) is 17.3 Å². The lowest BCUT2D eigenvalue weighted by atomic mass is 9.70. The van der Waals surface area contributed by atoms with E-state index in [1.165, 1.54) is 12.8 Å². The SMILES string of the molecule is COc1ccc(C2(C#N)CCc3nn(-c4ccccn4)cc3C2)cc1OC1CCCC1. The van der Waals surface area contributed by atoms with E-state index in [1.54, 1.807) is 13.3 Å². The number of ether oxygens (including phenoxy) is 2. The van der Waals surface area contributed by atoms with Crippen LogP contribution < -0.4 is 9.47 Å². The maximum absolute atomic E-state index is 10.3. The Morgan fingerprint density at radius 2 is 2.03 bits per heavy atom. The first-order chi connectivity index (χ1) is 15.2. The molecule has 2 aliphatic carbocycles. The summed E-state index contributed by atoms with van der Waals surface area (Å²) in [6, 6.07) is 14.4. The Labute approximate surface area is 182 Å². The van der Waals surface area contributed by atoms with Crippen molar-refractivity contribution in [3.8, 4) is 23.4 Å². The van der Waals surface area contributed by atoms with Crippen LogP contribution in [0, 0.1) is 11.3 Å². The number of hydrogen-bond donors (Lipinski definition) is 0. The van der Waals surface area contributed by atoms with Crippen LogP contribution in [0.1, 0.15) is 48.9 Å². The molecule has 0 radical (unpaired) electrons. The molecule has 1 aromatic carbocycles. The highest BCUT2D eigenvalue weighted by molar-refractivity contribution is 5.49. The van der Waals surface area contributed by atoms with E-state index >= 15 is 0 Å². The molecule has 2 aromatic heterocycles. The van der Waals surface area contributed by atoms with Gasteiger partial charge < -0.3 is 9.47 Å². The van der Waals surface area contributed by atoms with Crippen LogP contribution >= 0.6 is 0 Å². The van der Waals surface area contributed by atoms with Crippen molar-refractivity contribution < 1.29 is 9.47 Å². The van der Waals surface area contributed by atoms with Crippen LogP contribution in [-0.2, 0) is 18.3 Å². The molecule has 5 rings (SSSR count). The Morgan fingerprint density at radius 1 is 1.16 bits per heavy atom. The number of aryl methyl sites for hydroxylation is 1. The van der Waals surface area contributed by atoms with Crippen LogP contribution in [0.25, 0.3) is 5.82 Å². The second kappa shape index (κ2) is 8.07. The van der Waals surface area contributed by atoms with E-state index in [9.17, 15) is 5.26 Å². The number of nitrogens with zero attached hydrogens (tertiary/aromatic N) is 4. The van der Waals surface area contributed by atoms with Crippen molar-refractivity contribution in [2.75, 3.05) is 7.11 Å². The van der Waals surface area contributed by atoms with E-state index in [0.29, 0.717) is 6.42 Å². The predicted octanol–water partition coefficient (Wildman–Crippen LogP) is 4.55. The molecular weight excluding hydrogens is 388 g/mol. The first-order valence-corrected chi connectivity index (χ1v) is 11.0. The number of fused-ring (bicyclic) bond motifs is 1. The van der Waals surface area contributed by atoms with E-state index in [4.69, 9.17) is 14.6 Å². The molecule has 3 aromatic rings. The summed E-state index contributed by atoms with van der Waals surface area (Å²) in [5, 5.41) is 15.0. The first-order valence-electron chi connectivity index (χ1n) is 11.0. The molecule has 0 saturated heterocycles. The number of nitriles is 1. The summed E-state index contributed by atoms with van der Waals surface area (Å²) >= 11 is 0. The van der Waals surface area contributed by atoms with Gasteiger partial charge in [-0.2, -0.15) is 10.4 Å². The minimum absolute atomic E-state index is 0.233. The number of methoxy groups -OCH3 is 1. The van der Waals surface area contributed by atoms with Crippen molar-refractivity contribution in [3.63, 3.8) is 0 Å². The van der Waals surface area contributed by atoms with Gasteiger partial charge in [-0.05, 0) is 80.3 Å². The van der Waals surface area contributed by atoms with Crippen molar-refractivity contribution in [3.05, 3.63) is 65.6 Å². The topological polar surface area (TPSA) is 73.0 Å². The number of hydrogen-bond acceptors (Lipinski definition) is 5. The van der Waals surface area contributed by atoms with Gasteiger partial charge in [-0.15, -0.1) is 0 Å². The number of benzene rings is 1. The zero-order chi connectivity index (χ0) is 21.3. The molecule has 0 amide bonds. The Bertz CT molecular complexity index is 1110. The van der Waals surface area contributed by atoms with Crippen LogP contribution in [0.15, 0.2) is 48.8 Å². The molecule has 0 N–H and O–H groups in total. The summed E-state index contributed by atoms with van der Waals surface area (Å²) < 4.78 is 13.7. The van der Waals surface area contributed by atoms with Gasteiger partial charge in [-0.25, -0.2) is 9.67 Å². The molecule has 1 atom stereocenters. The third kappa shape index (κ3) is 3.65. The fourth-order valence-corrected chi connectivity index (χ4v) is 4.81. The van der Waals surface area contributed by atoms with Crippen LogP contribution in [-0.4, -0.2) is 28.0 Å². The number of aromatic nitrogens is 3. The van der Waals surface area contributed by atoms with Crippen molar-refractivity contribution in [2.24, 2.45) is 0 Å². The molecule has 6 heteroatoms. The van der Waals surface area contributed by atoms with Crippen molar-refractivity contribution in [2.45, 2.75) is 56.5 Å². The monoisotopic (exact) mass is 414 g/mol. The molecular formula is C25H26N4O2. The summed E-state index contributed by atoms with van der Waals surface area (Å²) in [6.45, 7) is 0. The summed E-state index contributed by atoms with van der Waals surface area (Å²) in [7, 11) is 1.66. The largest absolute Gasteiger partial charge is 0.493 e. The van der Waals surface area contributed by atoms with E-state index in [0.717, 1.165) is 59.8 Å². The van der Waals surface area contributed by atoms with Gasteiger partial charge in [0, 0.05) is 12.4 Å². The summed E-state index contributed by atoms with van der Waals surface area (Å²) in [5.74, 6) is 2.26. The van der Waals surface area contributed by atoms with Gasteiger partial charge in [0.05, 0.1) is 30.4 Å². The maximum Gasteiger partial charge on any atom is 0.161 e. The predicted molar refractivity (Wildman–Crippen MR) is 117 cm³/mol. The molecule has 1 fully saturated rings. The smallest absolute Gasteiger partial charge is 0.161 e. The van der Waals surface area contributed by atoms with E-state index < -0.39 is 5.41 Å². The highest BCUT2D eigenvalue weighted by Gasteiger charge is 2.38. The summed E-state index contributed by atoms with van der Waals surface area (Å²) in [5.41, 5.74) is 2.53. The third-order valence-corrected chi connectivity index (χ3v) is 6.57. The molecule has 0 aliphatic heterocycles. The van der Waals surface area contributed by atoms with Gasteiger partial charge in [0.1, 0.15) is 0 Å². The van der Waals surface area contributed by atoms with Crippen LogP contribution in [0.5, 0.6) is 11.5 Å². The Morgan fingerprint density at radius 3 is 2.77 bits per heavy atom. The Hall–Kier alpha value is -3.33. The third-order valence-electron chi connectivity index (χ3n) is 6.57. The van der Waals surface area contributed by atoms with Gasteiger partial charge in [-0.3, -0.25) is 0 Å². The molecule has 2 heterocycles. The molecule has 1 saturated carbocycles. The Kier molecular flexibility index (Phi) is 5.11. The second-order valence-electron chi connectivity index (χ2n) is 8.49. The fraction of sp³-hybridized carbons (Fsp3) is 0.400. The number of pyridine rings is 1. The number of rotatable bonds is 5. The molecule has 2 aliphatic rings. The van der Waals surface area contributed by atoms with E-state index in [2.05, 4.69) is 11.1 Å². The van der Waals surface area contributed by atoms with Crippen LogP contribution in [0.2, 0.25) is 0 Å². The molecule has 0 spiro atoms. The molecule has 1 unspecified atom stereocenters. The minimum Gasteiger partial charge on any atom is -0.493 e. The summed E-state index contributed by atoms with van der Waals surface area (Å²) in [4.78, 5) is 4.39. The van der Waals surface area contributed by atoms with Gasteiger partial charge in [-0.1, -0.05) is 12.1 Å². The molecule has 31 heavy (non-hydrogen) atoms. The molecule has 6 nitrogen and oxygen atoms in total. The lowest BCUT2D eigenvalue weighted by Crippen LogP contribution is -2.31. The molecule has 0 bridgehead atoms. The lowest BCUT2D eigenvalue weighted by molar-refractivity contribution is 0.200. The van der Waals surface area contributed by atoms with Gasteiger partial charge in [0.25, 0.3) is 0 Å². The average Bonchev–Trinajstić information content (AvgIpc) is 3.48. The molecule has 158 valence electrons. The minimum atomic E-state index is -0.606. The zero-order valence-corrected chi connectivity index (χ0v) is 17.8. The fourth-order valence-electron chi connectivity index (χ4n) is 4.81. The van der Waals surface area contributed by atoms with Crippen LogP contribution in [0.3, 0.4) is 0 Å². The maximum atomic E-state index is 10.3. The van der Waals surface area contributed by atoms with E-state index in [1.807, 2.05) is 47.3 Å². The van der Waals surface area contributed by atoms with Crippen molar-refractivity contribution in [1.82, 2.24) is 14.8 Å². The highest BCUT2D eigenvalue weighted by Crippen LogP contribution is 2.42. The van der Waals surface area contributed by atoms with Crippen LogP contribution in [0.4, 0.5) is 0 Å². The highest BCUT2D eigenvalue weighted by atomic mass is 16.5.